The van der Waals surface area contributed by atoms with Gasteiger partial charge in [0.2, 0.25) is 11.8 Å². The first-order valence-electron chi connectivity index (χ1n) is 7.74. The molecule has 0 saturated carbocycles. The highest BCUT2D eigenvalue weighted by molar-refractivity contribution is 6.33. The quantitative estimate of drug-likeness (QED) is 0.703. The molecule has 1 amide bonds. The van der Waals surface area contributed by atoms with Crippen LogP contribution in [0.4, 0.5) is 0 Å². The number of rotatable bonds is 7. The lowest BCUT2D eigenvalue weighted by Gasteiger charge is -2.06. The Morgan fingerprint density at radius 3 is 2.64 bits per heavy atom. The number of ether oxygens (including phenoxy) is 1. The molecule has 0 atom stereocenters. The second-order valence-electron chi connectivity index (χ2n) is 5.18. The van der Waals surface area contributed by atoms with E-state index in [-0.39, 0.29) is 12.5 Å². The van der Waals surface area contributed by atoms with Crippen molar-refractivity contribution in [2.45, 2.75) is 6.42 Å². The number of amides is 1. The summed E-state index contributed by atoms with van der Waals surface area (Å²) in [6.07, 6.45) is 0.425. The summed E-state index contributed by atoms with van der Waals surface area (Å²) >= 11 is 6.10. The second-order valence-corrected chi connectivity index (χ2v) is 5.59. The van der Waals surface area contributed by atoms with Gasteiger partial charge in [-0.3, -0.25) is 4.79 Å². The molecule has 2 aromatic carbocycles. The zero-order valence-electron chi connectivity index (χ0n) is 13.3. The van der Waals surface area contributed by atoms with E-state index in [1.807, 2.05) is 36.4 Å². The van der Waals surface area contributed by atoms with Crippen molar-refractivity contribution in [3.05, 3.63) is 65.5 Å². The SMILES string of the molecule is O=C(COc1ccccc1)NCCc1nnc(-c2ccccc2Cl)o1. The summed E-state index contributed by atoms with van der Waals surface area (Å²) in [5.41, 5.74) is 0.684. The maximum atomic E-state index is 11.8. The van der Waals surface area contributed by atoms with E-state index in [1.54, 1.807) is 18.2 Å². The van der Waals surface area contributed by atoms with Gasteiger partial charge in [0.05, 0.1) is 10.6 Å². The number of benzene rings is 2. The summed E-state index contributed by atoms with van der Waals surface area (Å²) in [5.74, 6) is 1.23. The van der Waals surface area contributed by atoms with Gasteiger partial charge in [-0.05, 0) is 24.3 Å². The van der Waals surface area contributed by atoms with E-state index in [9.17, 15) is 4.79 Å². The van der Waals surface area contributed by atoms with Crippen LogP contribution in [0.25, 0.3) is 11.5 Å². The van der Waals surface area contributed by atoms with Crippen LogP contribution in [-0.4, -0.2) is 29.3 Å². The number of para-hydroxylation sites is 1. The number of halogens is 1. The first-order valence-corrected chi connectivity index (χ1v) is 8.12. The van der Waals surface area contributed by atoms with Crippen LogP contribution >= 0.6 is 11.6 Å². The van der Waals surface area contributed by atoms with E-state index in [4.69, 9.17) is 20.8 Å². The summed E-state index contributed by atoms with van der Waals surface area (Å²) in [6, 6.07) is 16.4. The number of carbonyl (C=O) groups excluding carboxylic acids is 1. The molecule has 0 unspecified atom stereocenters. The molecule has 0 bridgehead atoms. The Kier molecular flexibility index (Phi) is 5.64. The Morgan fingerprint density at radius 1 is 1.08 bits per heavy atom. The molecule has 0 radical (unpaired) electrons. The van der Waals surface area contributed by atoms with Crippen LogP contribution in [0, 0.1) is 0 Å². The van der Waals surface area contributed by atoms with Gasteiger partial charge in [-0.1, -0.05) is 41.9 Å². The van der Waals surface area contributed by atoms with Crippen molar-refractivity contribution in [2.75, 3.05) is 13.2 Å². The van der Waals surface area contributed by atoms with E-state index < -0.39 is 0 Å². The van der Waals surface area contributed by atoms with Gasteiger partial charge in [0.15, 0.2) is 6.61 Å². The van der Waals surface area contributed by atoms with Crippen molar-refractivity contribution < 1.29 is 13.9 Å². The van der Waals surface area contributed by atoms with Crippen LogP contribution in [0.5, 0.6) is 5.75 Å². The molecular formula is C18H16ClN3O3. The monoisotopic (exact) mass is 357 g/mol. The molecule has 128 valence electrons. The summed E-state index contributed by atoms with van der Waals surface area (Å²) in [6.45, 7) is 0.333. The molecule has 3 rings (SSSR count). The predicted molar refractivity (Wildman–Crippen MR) is 93.4 cm³/mol. The Morgan fingerprint density at radius 2 is 1.84 bits per heavy atom. The maximum absolute atomic E-state index is 11.8. The van der Waals surface area contributed by atoms with Crippen LogP contribution in [0.1, 0.15) is 5.89 Å². The molecular weight excluding hydrogens is 342 g/mol. The molecule has 0 aliphatic rings. The molecule has 0 aliphatic heterocycles. The van der Waals surface area contributed by atoms with Gasteiger partial charge in [-0.25, -0.2) is 0 Å². The Balaban J connectivity index is 1.45. The molecule has 3 aromatic rings. The summed E-state index contributed by atoms with van der Waals surface area (Å²) in [7, 11) is 0. The molecule has 1 aromatic heterocycles. The fourth-order valence-corrected chi connectivity index (χ4v) is 2.34. The average Bonchev–Trinajstić information content (AvgIpc) is 3.10. The molecule has 0 spiro atoms. The molecule has 0 saturated heterocycles. The maximum Gasteiger partial charge on any atom is 0.257 e. The average molecular weight is 358 g/mol. The third-order valence-electron chi connectivity index (χ3n) is 3.35. The van der Waals surface area contributed by atoms with Gasteiger partial charge < -0.3 is 14.5 Å². The minimum Gasteiger partial charge on any atom is -0.484 e. The molecule has 1 heterocycles. The zero-order valence-corrected chi connectivity index (χ0v) is 14.1. The van der Waals surface area contributed by atoms with Crippen LogP contribution in [0.15, 0.2) is 59.0 Å². The Labute approximate surface area is 149 Å². The molecule has 0 aliphatic carbocycles. The van der Waals surface area contributed by atoms with Crippen molar-refractivity contribution in [1.29, 1.82) is 0 Å². The van der Waals surface area contributed by atoms with E-state index in [1.165, 1.54) is 0 Å². The largest absolute Gasteiger partial charge is 0.484 e. The van der Waals surface area contributed by atoms with Gasteiger partial charge in [0, 0.05) is 13.0 Å². The molecule has 25 heavy (non-hydrogen) atoms. The third-order valence-corrected chi connectivity index (χ3v) is 3.67. The van der Waals surface area contributed by atoms with Crippen molar-refractivity contribution in [1.82, 2.24) is 15.5 Å². The van der Waals surface area contributed by atoms with E-state index in [0.717, 1.165) is 0 Å². The van der Waals surface area contributed by atoms with Gasteiger partial charge >= 0.3 is 0 Å². The fourth-order valence-electron chi connectivity index (χ4n) is 2.12. The minimum atomic E-state index is -0.213. The number of aromatic nitrogens is 2. The number of hydrogen-bond acceptors (Lipinski definition) is 5. The smallest absolute Gasteiger partial charge is 0.257 e. The van der Waals surface area contributed by atoms with Crippen LogP contribution in [0.3, 0.4) is 0 Å². The van der Waals surface area contributed by atoms with E-state index in [2.05, 4.69) is 15.5 Å². The van der Waals surface area contributed by atoms with Crippen molar-refractivity contribution in [2.24, 2.45) is 0 Å². The molecule has 6 nitrogen and oxygen atoms in total. The van der Waals surface area contributed by atoms with Crippen LogP contribution < -0.4 is 10.1 Å². The highest BCUT2D eigenvalue weighted by Gasteiger charge is 2.11. The predicted octanol–water partition coefficient (Wildman–Crippen LogP) is 3.13. The number of nitrogens with zero attached hydrogens (tertiary/aromatic N) is 2. The van der Waals surface area contributed by atoms with Gasteiger partial charge in [-0.15, -0.1) is 10.2 Å². The number of carbonyl (C=O) groups is 1. The van der Waals surface area contributed by atoms with Crippen LogP contribution in [-0.2, 0) is 11.2 Å². The van der Waals surface area contributed by atoms with Gasteiger partial charge in [-0.2, -0.15) is 0 Å². The van der Waals surface area contributed by atoms with Crippen molar-refractivity contribution in [3.63, 3.8) is 0 Å². The Hall–Kier alpha value is -2.86. The highest BCUT2D eigenvalue weighted by atomic mass is 35.5. The first kappa shape index (κ1) is 17.0. The van der Waals surface area contributed by atoms with Crippen LogP contribution in [0.2, 0.25) is 5.02 Å². The first-order chi connectivity index (χ1) is 12.2. The molecule has 1 N–H and O–H groups in total. The Bertz CT molecular complexity index is 836. The minimum absolute atomic E-state index is 0.0429. The normalized spacial score (nSPS) is 10.4. The third kappa shape index (κ3) is 4.81. The lowest BCUT2D eigenvalue weighted by atomic mass is 10.2. The van der Waals surface area contributed by atoms with E-state index >= 15 is 0 Å². The fraction of sp³-hybridized carbons (Fsp3) is 0.167. The van der Waals surface area contributed by atoms with E-state index in [0.29, 0.717) is 41.1 Å². The summed E-state index contributed by atoms with van der Waals surface area (Å²) in [5, 5.41) is 11.2. The second kappa shape index (κ2) is 8.30. The highest BCUT2D eigenvalue weighted by Crippen LogP contribution is 2.26. The topological polar surface area (TPSA) is 77.2 Å². The number of hydrogen-bond donors (Lipinski definition) is 1. The lowest BCUT2D eigenvalue weighted by Crippen LogP contribution is -2.30. The number of nitrogens with one attached hydrogen (secondary N) is 1. The molecule has 0 fully saturated rings. The van der Waals surface area contributed by atoms with Crippen molar-refractivity contribution in [3.8, 4) is 17.2 Å². The summed E-state index contributed by atoms with van der Waals surface area (Å²) in [4.78, 5) is 11.8. The van der Waals surface area contributed by atoms with Gasteiger partial charge in [0.25, 0.3) is 5.91 Å². The molecule has 7 heteroatoms. The summed E-state index contributed by atoms with van der Waals surface area (Å²) < 4.78 is 10.9. The lowest BCUT2D eigenvalue weighted by molar-refractivity contribution is -0.123. The standard InChI is InChI=1S/C18H16ClN3O3/c19-15-9-5-4-8-14(15)18-22-21-17(25-18)10-11-20-16(23)12-24-13-6-2-1-3-7-13/h1-9H,10-12H2,(H,20,23). The van der Waals surface area contributed by atoms with Crippen molar-refractivity contribution >= 4 is 17.5 Å². The van der Waals surface area contributed by atoms with Gasteiger partial charge in [0.1, 0.15) is 5.75 Å². The zero-order chi connectivity index (χ0) is 17.5.